The number of hydrogen-bond donors (Lipinski definition) is 2. The van der Waals surface area contributed by atoms with Crippen LogP contribution in [0.5, 0.6) is 11.5 Å². The van der Waals surface area contributed by atoms with Crippen molar-refractivity contribution in [3.05, 3.63) is 59.5 Å². The van der Waals surface area contributed by atoms with Crippen LogP contribution < -0.4 is 15.2 Å². The van der Waals surface area contributed by atoms with Crippen molar-refractivity contribution in [2.24, 2.45) is 5.73 Å². The number of aromatic nitrogens is 1. The van der Waals surface area contributed by atoms with Gasteiger partial charge in [-0.2, -0.15) is 0 Å². The first-order valence-electron chi connectivity index (χ1n) is 8.42. The van der Waals surface area contributed by atoms with Gasteiger partial charge in [-0.15, -0.1) is 0 Å². The topological polar surface area (TPSA) is 60.3 Å². The van der Waals surface area contributed by atoms with Gasteiger partial charge in [0.1, 0.15) is 5.82 Å². The lowest BCUT2D eigenvalue weighted by atomic mass is 9.91. The van der Waals surface area contributed by atoms with E-state index in [1.807, 2.05) is 31.3 Å². The van der Waals surface area contributed by atoms with Crippen molar-refractivity contribution in [2.45, 2.75) is 19.3 Å². The summed E-state index contributed by atoms with van der Waals surface area (Å²) in [5.74, 6) is 1.28. The van der Waals surface area contributed by atoms with Crippen molar-refractivity contribution in [2.75, 3.05) is 20.3 Å². The van der Waals surface area contributed by atoms with Crippen molar-refractivity contribution in [1.29, 1.82) is 0 Å². The Morgan fingerprint density at radius 3 is 2.72 bits per heavy atom. The highest BCUT2D eigenvalue weighted by atomic mass is 19.1. The van der Waals surface area contributed by atoms with Gasteiger partial charge in [0.2, 0.25) is 0 Å². The summed E-state index contributed by atoms with van der Waals surface area (Å²) in [6.07, 6.45) is 2.66. The smallest absolute Gasteiger partial charge is 0.161 e. The monoisotopic (exact) mass is 342 g/mol. The van der Waals surface area contributed by atoms with Crippen molar-refractivity contribution < 1.29 is 13.9 Å². The molecule has 0 aliphatic carbocycles. The van der Waals surface area contributed by atoms with Crippen molar-refractivity contribution in [3.8, 4) is 11.5 Å². The molecule has 3 N–H and O–H groups in total. The van der Waals surface area contributed by atoms with Crippen LogP contribution in [0.15, 0.2) is 42.6 Å². The lowest BCUT2D eigenvalue weighted by Gasteiger charge is -2.16. The van der Waals surface area contributed by atoms with E-state index in [-0.39, 0.29) is 11.7 Å². The minimum absolute atomic E-state index is 0.0817. The molecule has 132 valence electrons. The zero-order valence-corrected chi connectivity index (χ0v) is 14.5. The van der Waals surface area contributed by atoms with Gasteiger partial charge in [0.25, 0.3) is 0 Å². The lowest BCUT2D eigenvalue weighted by molar-refractivity contribution is 0.310. The Labute approximate surface area is 146 Å². The number of nitrogens with one attached hydrogen (secondary N) is 1. The summed E-state index contributed by atoms with van der Waals surface area (Å²) in [6, 6.07) is 10.7. The summed E-state index contributed by atoms with van der Waals surface area (Å²) < 4.78 is 24.6. The highest BCUT2D eigenvalue weighted by molar-refractivity contribution is 5.83. The van der Waals surface area contributed by atoms with E-state index in [0.29, 0.717) is 18.9 Å². The first-order chi connectivity index (χ1) is 12.2. The molecule has 4 nitrogen and oxygen atoms in total. The van der Waals surface area contributed by atoms with Gasteiger partial charge in [0.05, 0.1) is 13.7 Å². The predicted molar refractivity (Wildman–Crippen MR) is 97.9 cm³/mol. The Kier molecular flexibility index (Phi) is 5.24. The van der Waals surface area contributed by atoms with E-state index in [0.717, 1.165) is 34.2 Å². The predicted octanol–water partition coefficient (Wildman–Crippen LogP) is 4.00. The highest BCUT2D eigenvalue weighted by Crippen LogP contribution is 2.32. The van der Waals surface area contributed by atoms with E-state index in [4.69, 9.17) is 15.2 Å². The molecule has 25 heavy (non-hydrogen) atoms. The van der Waals surface area contributed by atoms with Gasteiger partial charge >= 0.3 is 0 Å². The Hall–Kier alpha value is -2.53. The van der Waals surface area contributed by atoms with Gasteiger partial charge in [0.15, 0.2) is 11.5 Å². The second kappa shape index (κ2) is 7.57. The molecule has 0 aliphatic heterocycles. The summed E-state index contributed by atoms with van der Waals surface area (Å²) in [5.41, 5.74) is 9.07. The van der Waals surface area contributed by atoms with Crippen LogP contribution in [0.25, 0.3) is 10.9 Å². The number of rotatable bonds is 7. The first kappa shape index (κ1) is 17.3. The second-order valence-corrected chi connectivity index (χ2v) is 5.99. The van der Waals surface area contributed by atoms with Crippen LogP contribution in [0, 0.1) is 5.82 Å². The number of aromatic amines is 1. The van der Waals surface area contributed by atoms with Crippen LogP contribution in [0.4, 0.5) is 4.39 Å². The van der Waals surface area contributed by atoms with Gasteiger partial charge in [-0.1, -0.05) is 6.07 Å². The molecule has 0 saturated carbocycles. The molecule has 1 atom stereocenters. The molecule has 3 aromatic rings. The molecule has 1 aromatic heterocycles. The highest BCUT2D eigenvalue weighted by Gasteiger charge is 2.17. The maximum absolute atomic E-state index is 13.6. The van der Waals surface area contributed by atoms with E-state index in [9.17, 15) is 4.39 Å². The number of ether oxygens (including phenoxy) is 2. The van der Waals surface area contributed by atoms with Crippen LogP contribution in [-0.2, 0) is 6.42 Å². The first-order valence-corrected chi connectivity index (χ1v) is 8.42. The zero-order valence-electron chi connectivity index (χ0n) is 14.5. The third kappa shape index (κ3) is 3.61. The number of nitrogens with two attached hydrogens (primary N) is 1. The van der Waals surface area contributed by atoms with E-state index < -0.39 is 0 Å². The minimum atomic E-state index is -0.244. The van der Waals surface area contributed by atoms with Crippen molar-refractivity contribution in [3.63, 3.8) is 0 Å². The molecule has 0 saturated heterocycles. The molecule has 0 bridgehead atoms. The van der Waals surface area contributed by atoms with Crippen LogP contribution in [0.3, 0.4) is 0 Å². The third-order valence-electron chi connectivity index (χ3n) is 4.41. The average molecular weight is 342 g/mol. The standard InChI is InChI=1S/C20H23FN2O2/c1-3-25-19-7-4-13(9-20(19)24-2)8-14(11-22)17-12-23-18-6-5-15(21)10-16(17)18/h4-7,9-10,12,14,23H,3,8,11,22H2,1-2H3. The molecule has 1 heterocycles. The summed E-state index contributed by atoms with van der Waals surface area (Å²) >= 11 is 0. The molecule has 1 unspecified atom stereocenters. The van der Waals surface area contributed by atoms with Crippen molar-refractivity contribution in [1.82, 2.24) is 4.98 Å². The number of methoxy groups -OCH3 is 1. The third-order valence-corrected chi connectivity index (χ3v) is 4.41. The summed E-state index contributed by atoms with van der Waals surface area (Å²) in [7, 11) is 1.63. The Morgan fingerprint density at radius 2 is 2.00 bits per heavy atom. The average Bonchev–Trinajstić information content (AvgIpc) is 3.03. The fourth-order valence-corrected chi connectivity index (χ4v) is 3.17. The maximum atomic E-state index is 13.6. The number of hydrogen-bond acceptors (Lipinski definition) is 3. The Balaban J connectivity index is 1.90. The Morgan fingerprint density at radius 1 is 1.16 bits per heavy atom. The van der Waals surface area contributed by atoms with E-state index in [2.05, 4.69) is 4.98 Å². The summed E-state index contributed by atoms with van der Waals surface area (Å²) in [6.45, 7) is 3.00. The molecule has 5 heteroatoms. The molecule has 2 aromatic carbocycles. The van der Waals surface area contributed by atoms with E-state index >= 15 is 0 Å². The largest absolute Gasteiger partial charge is 0.493 e. The zero-order chi connectivity index (χ0) is 17.8. The van der Waals surface area contributed by atoms with Gasteiger partial charge in [-0.05, 0) is 61.3 Å². The van der Waals surface area contributed by atoms with Crippen molar-refractivity contribution >= 4 is 10.9 Å². The van der Waals surface area contributed by atoms with Crippen LogP contribution in [-0.4, -0.2) is 25.2 Å². The van der Waals surface area contributed by atoms with Gasteiger partial charge in [0, 0.05) is 23.0 Å². The van der Waals surface area contributed by atoms with Gasteiger partial charge in [-0.3, -0.25) is 0 Å². The summed E-state index contributed by atoms with van der Waals surface area (Å²) in [4.78, 5) is 3.20. The van der Waals surface area contributed by atoms with Gasteiger partial charge < -0.3 is 20.2 Å². The molecular weight excluding hydrogens is 319 g/mol. The van der Waals surface area contributed by atoms with Crippen LogP contribution in [0.2, 0.25) is 0 Å². The number of fused-ring (bicyclic) bond motifs is 1. The molecule has 3 rings (SSSR count). The fourth-order valence-electron chi connectivity index (χ4n) is 3.17. The van der Waals surface area contributed by atoms with Gasteiger partial charge in [-0.25, -0.2) is 4.39 Å². The molecule has 0 fully saturated rings. The summed E-state index contributed by atoms with van der Waals surface area (Å²) in [5, 5.41) is 0.883. The minimum Gasteiger partial charge on any atom is -0.493 e. The lowest BCUT2D eigenvalue weighted by Crippen LogP contribution is -2.15. The van der Waals surface area contributed by atoms with E-state index in [1.165, 1.54) is 6.07 Å². The van der Waals surface area contributed by atoms with Crippen LogP contribution in [0.1, 0.15) is 24.0 Å². The second-order valence-electron chi connectivity index (χ2n) is 5.99. The maximum Gasteiger partial charge on any atom is 0.161 e. The Bertz CT molecular complexity index is 860. The molecule has 0 amide bonds. The molecule has 0 spiro atoms. The molecule has 0 aliphatic rings. The quantitative estimate of drug-likeness (QED) is 0.682. The normalized spacial score (nSPS) is 12.3. The molecule has 0 radical (unpaired) electrons. The SMILES string of the molecule is CCOc1ccc(CC(CN)c2c[nH]c3ccc(F)cc23)cc1OC. The number of benzene rings is 2. The fraction of sp³-hybridized carbons (Fsp3) is 0.300. The number of halogens is 1. The van der Waals surface area contributed by atoms with E-state index in [1.54, 1.807) is 19.2 Å². The number of H-pyrrole nitrogens is 1. The molecular formula is C20H23FN2O2. The van der Waals surface area contributed by atoms with Crippen LogP contribution >= 0.6 is 0 Å².